The molecule has 4 fully saturated rings. The van der Waals surface area contributed by atoms with E-state index in [1.165, 1.54) is 6.92 Å². The molecule has 4 aliphatic rings. The van der Waals surface area contributed by atoms with E-state index in [2.05, 4.69) is 5.32 Å². The Hall–Kier alpha value is -0.760. The number of hydrogen-bond acceptors (Lipinski definition) is 19. The van der Waals surface area contributed by atoms with Crippen LogP contribution in [0.5, 0.6) is 0 Å². The lowest BCUT2D eigenvalue weighted by Crippen LogP contribution is -2.67. The Morgan fingerprint density at radius 2 is 0.822 bits per heavy atom. The number of aliphatic hydroxyl groups is 11. The molecule has 20 atom stereocenters. The van der Waals surface area contributed by atoms with Crippen molar-refractivity contribution in [2.75, 3.05) is 26.9 Å². The molecule has 12 N–H and O–H groups in total. The van der Waals surface area contributed by atoms with Gasteiger partial charge in [0.15, 0.2) is 18.9 Å². The molecule has 0 saturated carbocycles. The molecule has 4 aliphatic heterocycles. The highest BCUT2D eigenvalue weighted by molar-refractivity contribution is 4.98. The normalized spacial score (nSPS) is 52.9. The van der Waals surface area contributed by atoms with E-state index >= 15 is 0 Å². The fraction of sp³-hybridized carbons (Fsp3) is 1.00. The van der Waals surface area contributed by atoms with Crippen LogP contribution in [0.25, 0.3) is 0 Å². The third kappa shape index (κ3) is 7.47. The quantitative estimate of drug-likeness (QED) is 0.103. The van der Waals surface area contributed by atoms with Crippen molar-refractivity contribution in [3.8, 4) is 0 Å². The Morgan fingerprint density at radius 3 is 1.22 bits per heavy atom. The number of ether oxygens (including phenoxy) is 7. The molecule has 0 bridgehead atoms. The van der Waals surface area contributed by atoms with E-state index in [0.717, 1.165) is 0 Å². The Balaban J connectivity index is 1.43. The lowest BCUT2D eigenvalue weighted by atomic mass is 9.94. The summed E-state index contributed by atoms with van der Waals surface area (Å²) in [6.45, 7) is 0.839. The smallest absolute Gasteiger partial charge is 0.187 e. The van der Waals surface area contributed by atoms with E-state index in [0.29, 0.717) is 0 Å². The number of rotatable bonds is 10. The Kier molecular flexibility index (Phi) is 12.9. The zero-order valence-corrected chi connectivity index (χ0v) is 24.9. The first-order valence-corrected chi connectivity index (χ1v) is 14.8. The minimum atomic E-state index is -1.91. The maximum absolute atomic E-state index is 10.9. The molecule has 4 rings (SSSR count). The maximum Gasteiger partial charge on any atom is 0.187 e. The first-order valence-electron chi connectivity index (χ1n) is 14.8. The highest BCUT2D eigenvalue weighted by Gasteiger charge is 2.54. The third-order valence-electron chi connectivity index (χ3n) is 8.80. The largest absolute Gasteiger partial charge is 0.394 e. The molecule has 4 heterocycles. The van der Waals surface area contributed by atoms with Crippen molar-refractivity contribution < 1.29 is 89.3 Å². The van der Waals surface area contributed by atoms with Crippen LogP contribution in [0.3, 0.4) is 0 Å². The van der Waals surface area contributed by atoms with Crippen LogP contribution < -0.4 is 5.32 Å². The van der Waals surface area contributed by atoms with E-state index in [4.69, 9.17) is 33.2 Å². The summed E-state index contributed by atoms with van der Waals surface area (Å²) in [5, 5.41) is 118. The molecule has 0 aliphatic carbocycles. The van der Waals surface area contributed by atoms with E-state index in [1.54, 1.807) is 14.0 Å². The molecule has 19 heteroatoms. The van der Waals surface area contributed by atoms with Crippen LogP contribution in [0.15, 0.2) is 0 Å². The van der Waals surface area contributed by atoms with Gasteiger partial charge >= 0.3 is 0 Å². The molecule has 0 radical (unpaired) electrons. The fourth-order valence-electron chi connectivity index (χ4n) is 6.12. The minimum Gasteiger partial charge on any atom is -0.394 e. The molecular weight excluding hydrogens is 614 g/mol. The second-order valence-electron chi connectivity index (χ2n) is 11.8. The van der Waals surface area contributed by atoms with Crippen LogP contribution in [0, 0.1) is 0 Å². The molecule has 0 aromatic rings. The molecule has 4 saturated heterocycles. The van der Waals surface area contributed by atoms with Crippen molar-refractivity contribution in [2.24, 2.45) is 0 Å². The SMILES string of the molecule is CNC1C(C)OC(OC2C(CO)OC(OC3C(CO)OC(OC4C(CO)OC(C)C(O)C4O)C(O)C3O)C(O)C2O)C(O)C1O. The maximum atomic E-state index is 10.9. The van der Waals surface area contributed by atoms with Gasteiger partial charge in [0.25, 0.3) is 0 Å². The summed E-state index contributed by atoms with van der Waals surface area (Å²) < 4.78 is 39.2. The van der Waals surface area contributed by atoms with E-state index in [9.17, 15) is 56.2 Å². The predicted octanol–water partition coefficient (Wildman–Crippen LogP) is -7.42. The Morgan fingerprint density at radius 1 is 0.467 bits per heavy atom. The van der Waals surface area contributed by atoms with Crippen LogP contribution in [-0.4, -0.2) is 206 Å². The number of nitrogens with one attached hydrogen (secondary N) is 1. The molecule has 45 heavy (non-hydrogen) atoms. The van der Waals surface area contributed by atoms with E-state index in [-0.39, 0.29) is 0 Å². The summed E-state index contributed by atoms with van der Waals surface area (Å²) in [6, 6.07) is -0.638. The van der Waals surface area contributed by atoms with Crippen LogP contribution >= 0.6 is 0 Å². The molecule has 0 aromatic heterocycles. The number of hydrogen-bond donors (Lipinski definition) is 12. The summed E-state index contributed by atoms with van der Waals surface area (Å²) >= 11 is 0. The van der Waals surface area contributed by atoms with Gasteiger partial charge in [0, 0.05) is 0 Å². The monoisotopic (exact) mass is 661 g/mol. The van der Waals surface area contributed by atoms with Crippen LogP contribution in [0.2, 0.25) is 0 Å². The minimum absolute atomic E-state index is 0.628. The predicted molar refractivity (Wildman–Crippen MR) is 143 cm³/mol. The second kappa shape index (κ2) is 15.6. The van der Waals surface area contributed by atoms with Gasteiger partial charge in [0.05, 0.1) is 38.1 Å². The van der Waals surface area contributed by atoms with E-state index < -0.39 is 142 Å². The summed E-state index contributed by atoms with van der Waals surface area (Å²) in [5.74, 6) is 0. The molecular formula is C26H47NO18. The lowest BCUT2D eigenvalue weighted by molar-refractivity contribution is -0.382. The Labute approximate surface area is 258 Å². The average molecular weight is 662 g/mol. The van der Waals surface area contributed by atoms with Gasteiger partial charge in [0.2, 0.25) is 0 Å². The van der Waals surface area contributed by atoms with Crippen LogP contribution in [0.1, 0.15) is 13.8 Å². The first kappa shape index (κ1) is 37.1. The fourth-order valence-corrected chi connectivity index (χ4v) is 6.12. The molecule has 0 spiro atoms. The van der Waals surface area contributed by atoms with Gasteiger partial charge in [-0.1, -0.05) is 0 Å². The van der Waals surface area contributed by atoms with E-state index in [1.807, 2.05) is 0 Å². The summed E-state index contributed by atoms with van der Waals surface area (Å²) in [4.78, 5) is 0. The van der Waals surface area contributed by atoms with Crippen molar-refractivity contribution in [1.82, 2.24) is 5.32 Å². The van der Waals surface area contributed by atoms with Crippen LogP contribution in [0.4, 0.5) is 0 Å². The number of aliphatic hydroxyl groups excluding tert-OH is 11. The molecule has 0 amide bonds. The molecule has 20 unspecified atom stereocenters. The summed E-state index contributed by atoms with van der Waals surface area (Å²) in [6.07, 6.45) is -28.4. The highest BCUT2D eigenvalue weighted by atomic mass is 16.8. The average Bonchev–Trinajstić information content (AvgIpc) is 3.02. The molecule has 0 aromatic carbocycles. The van der Waals surface area contributed by atoms with Crippen molar-refractivity contribution in [1.29, 1.82) is 0 Å². The van der Waals surface area contributed by atoms with Crippen molar-refractivity contribution in [3.05, 3.63) is 0 Å². The summed E-state index contributed by atoms with van der Waals surface area (Å²) in [5.41, 5.74) is 0. The van der Waals surface area contributed by atoms with Crippen molar-refractivity contribution >= 4 is 0 Å². The van der Waals surface area contributed by atoms with Gasteiger partial charge in [-0.15, -0.1) is 0 Å². The van der Waals surface area contributed by atoms with Gasteiger partial charge in [0.1, 0.15) is 85.5 Å². The van der Waals surface area contributed by atoms with Gasteiger partial charge in [-0.3, -0.25) is 0 Å². The third-order valence-corrected chi connectivity index (χ3v) is 8.80. The number of likely N-dealkylation sites (N-methyl/N-ethyl adjacent to an activating group) is 1. The van der Waals surface area contributed by atoms with Gasteiger partial charge in [-0.25, -0.2) is 0 Å². The van der Waals surface area contributed by atoms with Crippen molar-refractivity contribution in [2.45, 2.75) is 136 Å². The molecule has 19 nitrogen and oxygen atoms in total. The highest BCUT2D eigenvalue weighted by Crippen LogP contribution is 2.34. The Bertz CT molecular complexity index is 917. The summed E-state index contributed by atoms with van der Waals surface area (Å²) in [7, 11) is 1.56. The zero-order chi connectivity index (χ0) is 33.3. The lowest BCUT2D eigenvalue weighted by Gasteiger charge is -2.49. The van der Waals surface area contributed by atoms with Gasteiger partial charge < -0.3 is 94.6 Å². The van der Waals surface area contributed by atoms with Gasteiger partial charge in [-0.05, 0) is 20.9 Å². The van der Waals surface area contributed by atoms with Gasteiger partial charge in [-0.2, -0.15) is 0 Å². The zero-order valence-electron chi connectivity index (χ0n) is 24.9. The van der Waals surface area contributed by atoms with Crippen LogP contribution in [-0.2, 0) is 33.2 Å². The van der Waals surface area contributed by atoms with Crippen molar-refractivity contribution in [3.63, 3.8) is 0 Å². The topological polar surface area (TPSA) is 299 Å². The first-order chi connectivity index (χ1) is 21.3. The molecule has 264 valence electrons. The standard InChI is InChI=1S/C26H47NO18/c1-7-12(27-3)14(32)18(36)24(40-7)43-22-10(5-29)41-26(19(37)16(22)34)45-23-11(6-30)42-25(20(38)17(23)35)44-21-9(4-28)39-8(2)13(31)15(21)33/h7-38H,4-6H2,1-3H3. The second-order valence-corrected chi connectivity index (χ2v) is 11.8.